The highest BCUT2D eigenvalue weighted by Gasteiger charge is 2.43. The molecule has 4 rings (SSSR count). The van der Waals surface area contributed by atoms with Gasteiger partial charge in [0.1, 0.15) is 11.4 Å². The van der Waals surface area contributed by atoms with E-state index in [9.17, 15) is 9.59 Å². The van der Waals surface area contributed by atoms with E-state index in [1.807, 2.05) is 67.2 Å². The number of ether oxygens (including phenoxy) is 3. The summed E-state index contributed by atoms with van der Waals surface area (Å²) >= 11 is 1.46. The van der Waals surface area contributed by atoms with Gasteiger partial charge in [-0.3, -0.25) is 4.79 Å². The first-order valence-electron chi connectivity index (χ1n) is 11.4. The number of benzene rings is 1. The predicted molar refractivity (Wildman–Crippen MR) is 131 cm³/mol. The number of methoxy groups -OCH3 is 1. The molecule has 1 fully saturated rings. The van der Waals surface area contributed by atoms with Crippen molar-refractivity contribution >= 4 is 28.8 Å². The van der Waals surface area contributed by atoms with Crippen LogP contribution in [-0.4, -0.2) is 65.9 Å². The van der Waals surface area contributed by atoms with Crippen LogP contribution in [0.3, 0.4) is 0 Å². The van der Waals surface area contributed by atoms with Crippen molar-refractivity contribution in [1.29, 1.82) is 0 Å². The molecule has 0 unspecified atom stereocenters. The van der Waals surface area contributed by atoms with Crippen LogP contribution in [0.2, 0.25) is 0 Å². The van der Waals surface area contributed by atoms with Gasteiger partial charge in [0.15, 0.2) is 5.17 Å². The Morgan fingerprint density at radius 1 is 1.21 bits per heavy atom. The van der Waals surface area contributed by atoms with Gasteiger partial charge in [0.2, 0.25) is 5.91 Å². The van der Waals surface area contributed by atoms with Gasteiger partial charge in [-0.15, -0.1) is 0 Å². The molecule has 0 N–H and O–H groups in total. The van der Waals surface area contributed by atoms with E-state index in [1.54, 1.807) is 7.11 Å². The van der Waals surface area contributed by atoms with Crippen molar-refractivity contribution in [1.82, 2.24) is 9.80 Å². The van der Waals surface area contributed by atoms with Crippen molar-refractivity contribution in [3.63, 3.8) is 0 Å². The van der Waals surface area contributed by atoms with E-state index in [1.165, 1.54) is 11.8 Å². The Balaban J connectivity index is 1.74. The molecule has 1 aromatic carbocycles. The molecule has 0 bridgehead atoms. The summed E-state index contributed by atoms with van der Waals surface area (Å²) in [4.78, 5) is 35.1. The summed E-state index contributed by atoms with van der Waals surface area (Å²) in [7, 11) is 1.61. The number of amidine groups is 1. The molecule has 3 heterocycles. The number of nitrogens with zero attached hydrogens (tertiary/aromatic N) is 3. The molecule has 3 aliphatic rings. The number of allylic oxidation sites excluding steroid dienone is 1. The molecule has 0 aliphatic carbocycles. The third-order valence-electron chi connectivity index (χ3n) is 5.75. The molecule has 1 aromatic rings. The first kappa shape index (κ1) is 24.3. The van der Waals surface area contributed by atoms with Crippen LogP contribution in [0.25, 0.3) is 0 Å². The van der Waals surface area contributed by atoms with Gasteiger partial charge in [-0.25, -0.2) is 9.79 Å². The number of thioether (sulfide) groups is 1. The SMILES string of the molecule is COc1ccccc1[C@H]1C(C(=O)OC(C)(C)C)=C(C)N=C2SC=C(CC(=O)N3CCOCC3)N21. The minimum absolute atomic E-state index is 0.0280. The van der Waals surface area contributed by atoms with Crippen LogP contribution in [0.5, 0.6) is 5.75 Å². The zero-order valence-electron chi connectivity index (χ0n) is 20.3. The quantitative estimate of drug-likeness (QED) is 0.586. The third-order valence-corrected chi connectivity index (χ3v) is 6.64. The molecular formula is C25H31N3O5S. The van der Waals surface area contributed by atoms with Crippen LogP contribution in [0.4, 0.5) is 0 Å². The summed E-state index contributed by atoms with van der Waals surface area (Å²) in [6.45, 7) is 9.60. The average molecular weight is 486 g/mol. The van der Waals surface area contributed by atoms with Crippen LogP contribution < -0.4 is 4.74 Å². The number of morpholine rings is 1. The van der Waals surface area contributed by atoms with Crippen LogP contribution in [-0.2, 0) is 19.1 Å². The second kappa shape index (κ2) is 9.84. The van der Waals surface area contributed by atoms with Crippen molar-refractivity contribution in [3.05, 3.63) is 52.2 Å². The Labute approximate surface area is 204 Å². The van der Waals surface area contributed by atoms with E-state index in [2.05, 4.69) is 0 Å². The van der Waals surface area contributed by atoms with E-state index in [0.717, 1.165) is 16.4 Å². The first-order chi connectivity index (χ1) is 16.2. The number of para-hydroxylation sites is 1. The molecule has 1 saturated heterocycles. The van der Waals surface area contributed by atoms with Gasteiger partial charge in [-0.2, -0.15) is 0 Å². The zero-order valence-corrected chi connectivity index (χ0v) is 21.1. The van der Waals surface area contributed by atoms with E-state index < -0.39 is 17.6 Å². The summed E-state index contributed by atoms with van der Waals surface area (Å²) < 4.78 is 16.8. The van der Waals surface area contributed by atoms with Gasteiger partial charge in [-0.05, 0) is 39.2 Å². The molecular weight excluding hydrogens is 454 g/mol. The van der Waals surface area contributed by atoms with Gasteiger partial charge in [0, 0.05) is 24.4 Å². The number of esters is 1. The van der Waals surface area contributed by atoms with Crippen LogP contribution >= 0.6 is 11.8 Å². The van der Waals surface area contributed by atoms with E-state index >= 15 is 0 Å². The van der Waals surface area contributed by atoms with Crippen LogP contribution in [0.15, 0.2) is 51.6 Å². The molecule has 9 heteroatoms. The monoisotopic (exact) mass is 485 g/mol. The molecule has 0 radical (unpaired) electrons. The number of carbonyl (C=O) groups is 2. The highest BCUT2D eigenvalue weighted by atomic mass is 32.2. The maximum atomic E-state index is 13.4. The van der Waals surface area contributed by atoms with E-state index in [4.69, 9.17) is 19.2 Å². The standard InChI is InChI=1S/C25H31N3O5S/c1-16-21(23(30)33-25(2,3)4)22(18-8-6-7-9-19(18)31-5)28-17(15-34-24(28)26-16)14-20(29)27-10-12-32-13-11-27/h6-9,15,22H,10-14H2,1-5H3/t22-/m0/s1. The number of hydrogen-bond acceptors (Lipinski definition) is 8. The summed E-state index contributed by atoms with van der Waals surface area (Å²) in [6.07, 6.45) is 0.207. The van der Waals surface area contributed by atoms with E-state index in [0.29, 0.717) is 43.3 Å². The lowest BCUT2D eigenvalue weighted by Crippen LogP contribution is -2.43. The molecule has 0 aromatic heterocycles. The highest BCUT2D eigenvalue weighted by molar-refractivity contribution is 8.16. The van der Waals surface area contributed by atoms with Crippen molar-refractivity contribution in [2.45, 2.75) is 45.8 Å². The normalized spacial score (nSPS) is 20.6. The van der Waals surface area contributed by atoms with Crippen molar-refractivity contribution in [2.24, 2.45) is 4.99 Å². The lowest BCUT2D eigenvalue weighted by atomic mass is 9.93. The molecule has 3 aliphatic heterocycles. The Kier molecular flexibility index (Phi) is 7.04. The number of amides is 1. The summed E-state index contributed by atoms with van der Waals surface area (Å²) in [5.74, 6) is 0.248. The first-order valence-corrected chi connectivity index (χ1v) is 12.2. The van der Waals surface area contributed by atoms with Crippen LogP contribution in [0, 0.1) is 0 Å². The largest absolute Gasteiger partial charge is 0.496 e. The number of carbonyl (C=O) groups excluding carboxylic acids is 2. The fraction of sp³-hybridized carbons (Fsp3) is 0.480. The number of rotatable bonds is 5. The third kappa shape index (κ3) is 5.00. The van der Waals surface area contributed by atoms with Crippen molar-refractivity contribution in [3.8, 4) is 5.75 Å². The zero-order chi connectivity index (χ0) is 24.5. The Morgan fingerprint density at radius 3 is 2.59 bits per heavy atom. The lowest BCUT2D eigenvalue weighted by molar-refractivity contribution is -0.150. The second-order valence-electron chi connectivity index (χ2n) is 9.31. The molecule has 0 spiro atoms. The maximum absolute atomic E-state index is 13.4. The fourth-order valence-corrected chi connectivity index (χ4v) is 5.19. The summed E-state index contributed by atoms with van der Waals surface area (Å²) in [5, 5.41) is 2.68. The minimum Gasteiger partial charge on any atom is -0.496 e. The van der Waals surface area contributed by atoms with Gasteiger partial charge >= 0.3 is 5.97 Å². The maximum Gasteiger partial charge on any atom is 0.338 e. The Morgan fingerprint density at radius 2 is 1.91 bits per heavy atom. The molecule has 8 nitrogen and oxygen atoms in total. The smallest absolute Gasteiger partial charge is 0.338 e. The number of hydrogen-bond donors (Lipinski definition) is 0. The van der Waals surface area contributed by atoms with Crippen LogP contribution in [0.1, 0.15) is 45.7 Å². The molecule has 0 saturated carbocycles. The highest BCUT2D eigenvalue weighted by Crippen LogP contribution is 2.47. The summed E-state index contributed by atoms with van der Waals surface area (Å²) in [6, 6.07) is 7.08. The van der Waals surface area contributed by atoms with Crippen molar-refractivity contribution < 1.29 is 23.8 Å². The minimum atomic E-state index is -0.662. The molecule has 1 atom stereocenters. The Hall–Kier alpha value is -2.78. The van der Waals surface area contributed by atoms with Gasteiger partial charge in [0.25, 0.3) is 0 Å². The lowest BCUT2D eigenvalue weighted by Gasteiger charge is -2.38. The number of aliphatic imine (C=N–C) groups is 1. The van der Waals surface area contributed by atoms with Gasteiger partial charge < -0.3 is 24.0 Å². The van der Waals surface area contributed by atoms with Gasteiger partial charge in [0.05, 0.1) is 44.1 Å². The number of fused-ring (bicyclic) bond motifs is 1. The fourth-order valence-electron chi connectivity index (χ4n) is 4.23. The summed E-state index contributed by atoms with van der Waals surface area (Å²) in [5.41, 5.74) is 1.98. The van der Waals surface area contributed by atoms with Gasteiger partial charge in [-0.1, -0.05) is 30.0 Å². The topological polar surface area (TPSA) is 80.7 Å². The molecule has 34 heavy (non-hydrogen) atoms. The van der Waals surface area contributed by atoms with E-state index in [-0.39, 0.29) is 12.3 Å². The average Bonchev–Trinajstić information content (AvgIpc) is 3.19. The van der Waals surface area contributed by atoms with Crippen molar-refractivity contribution in [2.75, 3.05) is 33.4 Å². The second-order valence-corrected chi connectivity index (χ2v) is 10.1. The molecule has 1 amide bonds. The predicted octanol–water partition coefficient (Wildman–Crippen LogP) is 3.86. The Bertz CT molecular complexity index is 1070. The molecule has 182 valence electrons.